The second kappa shape index (κ2) is 5.64. The molecular weight excluding hydrogens is 303 g/mol. The summed E-state index contributed by atoms with van der Waals surface area (Å²) in [6.07, 6.45) is 0. The molecule has 0 aliphatic carbocycles. The van der Waals surface area contributed by atoms with Gasteiger partial charge in [0.2, 0.25) is 0 Å². The molecule has 1 aromatic heterocycles. The van der Waals surface area contributed by atoms with E-state index in [4.69, 9.17) is 0 Å². The predicted molar refractivity (Wildman–Crippen MR) is 97.4 cm³/mol. The summed E-state index contributed by atoms with van der Waals surface area (Å²) in [5.41, 5.74) is 3.45. The van der Waals surface area contributed by atoms with Crippen LogP contribution in [-0.4, -0.2) is 0 Å². The Balaban J connectivity index is 1.90. The maximum atomic E-state index is 14.5. The van der Waals surface area contributed by atoms with Crippen LogP contribution in [0.15, 0.2) is 72.1 Å². The fourth-order valence-corrected chi connectivity index (χ4v) is 3.84. The summed E-state index contributed by atoms with van der Waals surface area (Å²) < 4.78 is 14.5. The molecule has 0 atom stereocenters. The first kappa shape index (κ1) is 14.2. The van der Waals surface area contributed by atoms with Gasteiger partial charge in [0.25, 0.3) is 0 Å². The quantitative estimate of drug-likeness (QED) is 0.386. The average Bonchev–Trinajstić information content (AvgIpc) is 3.06. The molecule has 0 spiro atoms. The first-order valence-electron chi connectivity index (χ1n) is 7.56. The van der Waals surface area contributed by atoms with Gasteiger partial charge in [-0.25, -0.2) is 4.39 Å². The lowest BCUT2D eigenvalue weighted by molar-refractivity contribution is 0.622. The van der Waals surface area contributed by atoms with Gasteiger partial charge in [0.1, 0.15) is 5.82 Å². The van der Waals surface area contributed by atoms with E-state index >= 15 is 0 Å². The molecule has 0 fully saturated rings. The molecule has 0 unspecified atom stereocenters. The van der Waals surface area contributed by atoms with Crippen molar-refractivity contribution in [3.05, 3.63) is 83.5 Å². The zero-order valence-electron chi connectivity index (χ0n) is 12.7. The summed E-state index contributed by atoms with van der Waals surface area (Å²) in [7, 11) is 0. The highest BCUT2D eigenvalue weighted by atomic mass is 32.1. The minimum atomic E-state index is -0.132. The fraction of sp³-hybridized carbons (Fsp3) is 0.0476. The van der Waals surface area contributed by atoms with Gasteiger partial charge in [-0.2, -0.15) is 0 Å². The number of halogens is 1. The minimum Gasteiger partial charge on any atom is -0.206 e. The lowest BCUT2D eigenvalue weighted by Crippen LogP contribution is -1.88. The van der Waals surface area contributed by atoms with Crippen LogP contribution in [0.4, 0.5) is 4.39 Å². The highest BCUT2D eigenvalue weighted by Crippen LogP contribution is 2.39. The standard InChI is InChI=1S/C21H15FS/c1-14-5-4-8-18(20(14)22)19-11-12-23-21(19)17-10-9-15-6-2-3-7-16(15)13-17/h2-13H,1H3. The molecule has 2 heteroatoms. The highest BCUT2D eigenvalue weighted by Gasteiger charge is 2.14. The molecule has 0 amide bonds. The Hall–Kier alpha value is -2.45. The molecule has 1 heterocycles. The van der Waals surface area contributed by atoms with Gasteiger partial charge in [0, 0.05) is 16.0 Å². The van der Waals surface area contributed by atoms with Crippen LogP contribution in [0, 0.1) is 12.7 Å². The zero-order valence-corrected chi connectivity index (χ0v) is 13.5. The number of aryl methyl sites for hydroxylation is 1. The molecule has 0 bridgehead atoms. The first-order chi connectivity index (χ1) is 11.2. The van der Waals surface area contributed by atoms with Gasteiger partial charge < -0.3 is 0 Å². The van der Waals surface area contributed by atoms with Crippen LogP contribution in [0.1, 0.15) is 5.56 Å². The van der Waals surface area contributed by atoms with Gasteiger partial charge in [0.05, 0.1) is 0 Å². The molecule has 0 radical (unpaired) electrons. The lowest BCUT2D eigenvalue weighted by atomic mass is 9.99. The van der Waals surface area contributed by atoms with Gasteiger partial charge in [-0.05, 0) is 46.3 Å². The summed E-state index contributed by atoms with van der Waals surface area (Å²) in [5.74, 6) is -0.132. The number of rotatable bonds is 2. The molecule has 112 valence electrons. The van der Waals surface area contributed by atoms with E-state index in [0.29, 0.717) is 11.1 Å². The van der Waals surface area contributed by atoms with Crippen LogP contribution in [0.2, 0.25) is 0 Å². The van der Waals surface area contributed by atoms with Gasteiger partial charge in [-0.3, -0.25) is 0 Å². The molecular formula is C21H15FS. The number of hydrogen-bond donors (Lipinski definition) is 0. The summed E-state index contributed by atoms with van der Waals surface area (Å²) in [5, 5.41) is 4.45. The Morgan fingerprint density at radius 2 is 1.61 bits per heavy atom. The van der Waals surface area contributed by atoms with E-state index in [1.165, 1.54) is 10.8 Å². The molecule has 0 nitrogen and oxygen atoms in total. The summed E-state index contributed by atoms with van der Waals surface area (Å²) in [4.78, 5) is 1.11. The van der Waals surface area contributed by atoms with Crippen molar-refractivity contribution < 1.29 is 4.39 Å². The molecule has 0 aliphatic rings. The minimum absolute atomic E-state index is 0.132. The molecule has 4 aromatic rings. The number of hydrogen-bond acceptors (Lipinski definition) is 1. The van der Waals surface area contributed by atoms with E-state index < -0.39 is 0 Å². The third-order valence-electron chi connectivity index (χ3n) is 4.16. The fourth-order valence-electron chi connectivity index (χ4n) is 2.93. The number of fused-ring (bicyclic) bond motifs is 1. The van der Waals surface area contributed by atoms with Crippen molar-refractivity contribution in [3.8, 4) is 21.6 Å². The largest absolute Gasteiger partial charge is 0.206 e. The summed E-state index contributed by atoms with van der Waals surface area (Å²) >= 11 is 1.65. The van der Waals surface area contributed by atoms with Crippen molar-refractivity contribution in [1.82, 2.24) is 0 Å². The molecule has 4 rings (SSSR count). The summed E-state index contributed by atoms with van der Waals surface area (Å²) in [6, 6.07) is 22.3. The van der Waals surface area contributed by atoms with E-state index in [9.17, 15) is 4.39 Å². The summed E-state index contributed by atoms with van der Waals surface area (Å²) in [6.45, 7) is 1.81. The van der Waals surface area contributed by atoms with E-state index in [1.807, 2.05) is 35.7 Å². The van der Waals surface area contributed by atoms with Crippen LogP contribution < -0.4 is 0 Å². The number of benzene rings is 3. The molecule has 0 N–H and O–H groups in total. The van der Waals surface area contributed by atoms with Crippen LogP contribution in [0.5, 0.6) is 0 Å². The van der Waals surface area contributed by atoms with Crippen molar-refractivity contribution in [2.75, 3.05) is 0 Å². The van der Waals surface area contributed by atoms with Crippen LogP contribution in [0.25, 0.3) is 32.3 Å². The SMILES string of the molecule is Cc1cccc(-c2ccsc2-c2ccc3ccccc3c2)c1F. The topological polar surface area (TPSA) is 0 Å². The maximum absolute atomic E-state index is 14.5. The number of thiophene rings is 1. The van der Waals surface area contributed by atoms with Crippen LogP contribution in [-0.2, 0) is 0 Å². The van der Waals surface area contributed by atoms with E-state index in [0.717, 1.165) is 16.0 Å². The van der Waals surface area contributed by atoms with Gasteiger partial charge >= 0.3 is 0 Å². The third-order valence-corrected chi connectivity index (χ3v) is 5.12. The maximum Gasteiger partial charge on any atom is 0.133 e. The van der Waals surface area contributed by atoms with E-state index in [2.05, 4.69) is 30.3 Å². The molecule has 0 saturated carbocycles. The van der Waals surface area contributed by atoms with Gasteiger partial charge in [-0.1, -0.05) is 54.6 Å². The van der Waals surface area contributed by atoms with E-state index in [-0.39, 0.29) is 5.82 Å². The molecule has 0 aliphatic heterocycles. The Bertz CT molecular complexity index is 998. The monoisotopic (exact) mass is 318 g/mol. The normalized spacial score (nSPS) is 11.0. The Kier molecular flexibility index (Phi) is 3.47. The smallest absolute Gasteiger partial charge is 0.133 e. The second-order valence-electron chi connectivity index (χ2n) is 5.66. The lowest BCUT2D eigenvalue weighted by Gasteiger charge is -2.08. The van der Waals surface area contributed by atoms with Crippen molar-refractivity contribution in [2.45, 2.75) is 6.92 Å². The van der Waals surface area contributed by atoms with Gasteiger partial charge in [0.15, 0.2) is 0 Å². The Morgan fingerprint density at radius 3 is 2.48 bits per heavy atom. The molecule has 23 heavy (non-hydrogen) atoms. The Labute approximate surface area is 138 Å². The van der Waals surface area contributed by atoms with Crippen molar-refractivity contribution in [2.24, 2.45) is 0 Å². The average molecular weight is 318 g/mol. The van der Waals surface area contributed by atoms with Crippen molar-refractivity contribution >= 4 is 22.1 Å². The molecule has 3 aromatic carbocycles. The molecule has 0 saturated heterocycles. The highest BCUT2D eigenvalue weighted by molar-refractivity contribution is 7.14. The van der Waals surface area contributed by atoms with Gasteiger partial charge in [-0.15, -0.1) is 11.3 Å². The first-order valence-corrected chi connectivity index (χ1v) is 8.44. The second-order valence-corrected chi connectivity index (χ2v) is 6.58. The van der Waals surface area contributed by atoms with Crippen LogP contribution in [0.3, 0.4) is 0 Å². The van der Waals surface area contributed by atoms with Crippen LogP contribution >= 0.6 is 11.3 Å². The zero-order chi connectivity index (χ0) is 15.8. The predicted octanol–water partition coefficient (Wildman–Crippen LogP) is 6.68. The Morgan fingerprint density at radius 1 is 0.783 bits per heavy atom. The van der Waals surface area contributed by atoms with Crippen molar-refractivity contribution in [3.63, 3.8) is 0 Å². The van der Waals surface area contributed by atoms with E-state index in [1.54, 1.807) is 24.3 Å². The third kappa shape index (κ3) is 2.45. The van der Waals surface area contributed by atoms with Crippen molar-refractivity contribution in [1.29, 1.82) is 0 Å².